The first-order chi connectivity index (χ1) is 16.1. The second-order valence-corrected chi connectivity index (χ2v) is 12.8. The number of carbonyl (C=O) groups is 1. The Kier molecular flexibility index (Phi) is 8.01. The lowest BCUT2D eigenvalue weighted by Gasteiger charge is -2.30. The van der Waals surface area contributed by atoms with E-state index in [0.717, 1.165) is 27.0 Å². The Hall–Kier alpha value is -1.49. The molecule has 2 aromatic carbocycles. The lowest BCUT2D eigenvalue weighted by atomic mass is 9.97. The van der Waals surface area contributed by atoms with Gasteiger partial charge in [0, 0.05) is 39.8 Å². The van der Waals surface area contributed by atoms with Crippen molar-refractivity contribution >= 4 is 71.5 Å². The van der Waals surface area contributed by atoms with E-state index in [0.29, 0.717) is 23.0 Å². The molecule has 2 heterocycles. The van der Waals surface area contributed by atoms with Gasteiger partial charge in [-0.15, -0.1) is 11.3 Å². The molecule has 11 heteroatoms. The Morgan fingerprint density at radius 3 is 2.65 bits per heavy atom. The Morgan fingerprint density at radius 1 is 1.21 bits per heavy atom. The largest absolute Gasteiger partial charge is 0.302 e. The number of nitrogens with one attached hydrogen (secondary N) is 1. The number of benzene rings is 2. The maximum atomic E-state index is 13.0. The summed E-state index contributed by atoms with van der Waals surface area (Å²) < 4.78 is 28.4. The highest BCUT2D eigenvalue weighted by Gasteiger charge is 2.33. The van der Waals surface area contributed by atoms with E-state index in [2.05, 4.69) is 38.4 Å². The molecule has 180 valence electrons. The van der Waals surface area contributed by atoms with Crippen LogP contribution in [-0.2, 0) is 21.2 Å². The second kappa shape index (κ2) is 10.6. The molecule has 0 unspecified atom stereocenters. The van der Waals surface area contributed by atoms with Gasteiger partial charge >= 0.3 is 0 Å². The summed E-state index contributed by atoms with van der Waals surface area (Å²) in [6.07, 6.45) is 1.57. The number of hydrogen-bond donors (Lipinski definition) is 1. The van der Waals surface area contributed by atoms with Gasteiger partial charge in [0.05, 0.1) is 10.7 Å². The summed E-state index contributed by atoms with van der Waals surface area (Å²) in [6, 6.07) is 12.5. The summed E-state index contributed by atoms with van der Waals surface area (Å²) in [5.41, 5.74) is 2.05. The van der Waals surface area contributed by atoms with Gasteiger partial charge in [-0.25, -0.2) is 13.4 Å². The minimum Gasteiger partial charge on any atom is -0.302 e. The van der Waals surface area contributed by atoms with Crippen molar-refractivity contribution in [1.29, 1.82) is 0 Å². The number of anilines is 1. The molecule has 1 aliphatic heterocycles. The van der Waals surface area contributed by atoms with Crippen molar-refractivity contribution in [3.05, 3.63) is 73.1 Å². The van der Waals surface area contributed by atoms with Crippen LogP contribution in [-0.4, -0.2) is 36.7 Å². The van der Waals surface area contributed by atoms with E-state index in [9.17, 15) is 13.2 Å². The number of aromatic nitrogens is 1. The fourth-order valence-electron chi connectivity index (χ4n) is 3.86. The third-order valence-electron chi connectivity index (χ3n) is 5.71. The lowest BCUT2D eigenvalue weighted by Crippen LogP contribution is -2.41. The van der Waals surface area contributed by atoms with Gasteiger partial charge in [0.25, 0.3) is 0 Å². The maximum absolute atomic E-state index is 13.0. The topological polar surface area (TPSA) is 79.4 Å². The average Bonchev–Trinajstić information content (AvgIpc) is 3.13. The molecular formula is C23H22BrCl2N3O3S2. The van der Waals surface area contributed by atoms with E-state index in [1.165, 1.54) is 27.8 Å². The summed E-state index contributed by atoms with van der Waals surface area (Å²) in [5, 5.41) is 3.92. The molecule has 1 saturated heterocycles. The predicted octanol–water partition coefficient (Wildman–Crippen LogP) is 6.15. The summed E-state index contributed by atoms with van der Waals surface area (Å²) in [6.45, 7) is 2.40. The van der Waals surface area contributed by atoms with Crippen molar-refractivity contribution in [2.75, 3.05) is 18.4 Å². The van der Waals surface area contributed by atoms with Crippen molar-refractivity contribution in [3.63, 3.8) is 0 Å². The van der Waals surface area contributed by atoms with Gasteiger partial charge in [0.15, 0.2) is 5.13 Å². The molecule has 1 amide bonds. The zero-order valence-corrected chi connectivity index (χ0v) is 23.0. The first-order valence-electron chi connectivity index (χ1n) is 10.6. The van der Waals surface area contributed by atoms with Crippen molar-refractivity contribution in [2.24, 2.45) is 5.92 Å². The number of rotatable bonds is 6. The molecule has 6 nitrogen and oxygen atoms in total. The van der Waals surface area contributed by atoms with E-state index in [1.807, 2.05) is 19.1 Å². The highest BCUT2D eigenvalue weighted by atomic mass is 79.9. The molecule has 0 bridgehead atoms. The quantitative estimate of drug-likeness (QED) is 0.367. The van der Waals surface area contributed by atoms with Gasteiger partial charge < -0.3 is 5.32 Å². The number of nitrogens with zero attached hydrogens (tertiary/aromatic N) is 2. The normalized spacial score (nSPS) is 15.4. The summed E-state index contributed by atoms with van der Waals surface area (Å²) >= 11 is 17.0. The van der Waals surface area contributed by atoms with E-state index < -0.39 is 10.0 Å². The molecule has 0 aliphatic carbocycles. The Labute approximate surface area is 221 Å². The number of aryl methyl sites for hydroxylation is 1. The van der Waals surface area contributed by atoms with Crippen LogP contribution in [0.1, 0.15) is 29.0 Å². The summed E-state index contributed by atoms with van der Waals surface area (Å²) in [7, 11) is -3.79. The van der Waals surface area contributed by atoms with Crippen LogP contribution in [0.4, 0.5) is 5.13 Å². The van der Waals surface area contributed by atoms with Crippen LogP contribution in [0.3, 0.4) is 0 Å². The van der Waals surface area contributed by atoms with E-state index in [1.54, 1.807) is 6.07 Å². The summed E-state index contributed by atoms with van der Waals surface area (Å²) in [4.78, 5) is 18.5. The van der Waals surface area contributed by atoms with Crippen LogP contribution in [0.25, 0.3) is 0 Å². The van der Waals surface area contributed by atoms with E-state index in [4.69, 9.17) is 23.2 Å². The number of sulfonamides is 1. The monoisotopic (exact) mass is 601 g/mol. The Balaban J connectivity index is 1.37. The van der Waals surface area contributed by atoms with E-state index in [-0.39, 0.29) is 34.8 Å². The van der Waals surface area contributed by atoms with Crippen LogP contribution >= 0.6 is 50.5 Å². The van der Waals surface area contributed by atoms with Gasteiger partial charge in [-0.3, -0.25) is 4.79 Å². The number of thiazole rings is 1. The number of amides is 1. The van der Waals surface area contributed by atoms with E-state index >= 15 is 0 Å². The zero-order valence-electron chi connectivity index (χ0n) is 18.2. The smallest absolute Gasteiger partial charge is 0.244 e. The highest BCUT2D eigenvalue weighted by molar-refractivity contribution is 9.10. The number of halogens is 3. The molecule has 0 atom stereocenters. The van der Waals surface area contributed by atoms with Crippen molar-refractivity contribution < 1.29 is 13.2 Å². The minimum absolute atomic E-state index is 0.0131. The third kappa shape index (κ3) is 5.83. The molecule has 0 spiro atoms. The zero-order chi connectivity index (χ0) is 24.5. The molecule has 1 aromatic heterocycles. The molecule has 1 aliphatic rings. The van der Waals surface area contributed by atoms with Crippen molar-refractivity contribution in [2.45, 2.75) is 31.1 Å². The van der Waals surface area contributed by atoms with Crippen LogP contribution in [0.2, 0.25) is 10.0 Å². The van der Waals surface area contributed by atoms with Crippen molar-refractivity contribution in [1.82, 2.24) is 9.29 Å². The fraction of sp³-hybridized carbons (Fsp3) is 0.304. The molecule has 3 aromatic rings. The predicted molar refractivity (Wildman–Crippen MR) is 140 cm³/mol. The van der Waals surface area contributed by atoms with Crippen LogP contribution in [0.5, 0.6) is 0 Å². The fourth-order valence-corrected chi connectivity index (χ4v) is 7.51. The molecule has 0 saturated carbocycles. The van der Waals surface area contributed by atoms with Gasteiger partial charge in [-0.2, -0.15) is 4.31 Å². The van der Waals surface area contributed by atoms with Gasteiger partial charge in [0.2, 0.25) is 15.9 Å². The number of hydrogen-bond acceptors (Lipinski definition) is 5. The molecule has 34 heavy (non-hydrogen) atoms. The highest BCUT2D eigenvalue weighted by Crippen LogP contribution is 2.31. The molecule has 1 fully saturated rings. The molecule has 4 rings (SSSR count). The van der Waals surface area contributed by atoms with Crippen LogP contribution in [0, 0.1) is 12.8 Å². The number of carbonyl (C=O) groups excluding carboxylic acids is 1. The summed E-state index contributed by atoms with van der Waals surface area (Å²) in [5.74, 6) is -0.431. The van der Waals surface area contributed by atoms with Crippen LogP contribution in [0.15, 0.2) is 51.8 Å². The van der Waals surface area contributed by atoms with Gasteiger partial charge in [0.1, 0.15) is 4.90 Å². The Morgan fingerprint density at radius 2 is 1.94 bits per heavy atom. The maximum Gasteiger partial charge on any atom is 0.244 e. The first-order valence-corrected chi connectivity index (χ1v) is 14.4. The second-order valence-electron chi connectivity index (χ2n) is 8.08. The van der Waals surface area contributed by atoms with Gasteiger partial charge in [-0.1, -0.05) is 51.3 Å². The molecular weight excluding hydrogens is 581 g/mol. The minimum atomic E-state index is -3.79. The number of piperidine rings is 1. The van der Waals surface area contributed by atoms with Crippen LogP contribution < -0.4 is 5.32 Å². The third-order valence-corrected chi connectivity index (χ3v) is 9.89. The molecule has 0 radical (unpaired) electrons. The van der Waals surface area contributed by atoms with Crippen molar-refractivity contribution in [3.8, 4) is 0 Å². The lowest BCUT2D eigenvalue weighted by molar-refractivity contribution is -0.120. The SMILES string of the molecule is Cc1nc(NC(=O)C2CCN(S(=O)(=O)c3cc(Cl)ccc3Cl)CC2)sc1Cc1cccc(Br)c1. The first kappa shape index (κ1) is 25.6. The standard InChI is InChI=1S/C23H22BrCl2N3O3S2/c1-14-20(12-15-3-2-4-17(24)11-15)33-23(27-14)28-22(30)16-7-9-29(10-8-16)34(31,32)21-13-18(25)5-6-19(21)26/h2-6,11,13,16H,7-10,12H2,1H3,(H,27,28,30). The Bertz CT molecular complexity index is 1320. The van der Waals surface area contributed by atoms with Gasteiger partial charge in [-0.05, 0) is 55.7 Å². The molecule has 1 N–H and O–H groups in total. The average molecular weight is 603 g/mol.